The van der Waals surface area contributed by atoms with Crippen molar-refractivity contribution in [1.29, 1.82) is 0 Å². The zero-order valence-corrected chi connectivity index (χ0v) is 10.8. The number of nitrogens with zero attached hydrogens (tertiary/aromatic N) is 4. The van der Waals surface area contributed by atoms with E-state index in [1.807, 2.05) is 30.3 Å². The summed E-state index contributed by atoms with van der Waals surface area (Å²) in [5, 5.41) is 15.8. The number of aromatic nitrogens is 2. The lowest BCUT2D eigenvalue weighted by Gasteiger charge is -2.32. The minimum absolute atomic E-state index is 0.186. The maximum Gasteiger partial charge on any atom is 0.322 e. The molecule has 0 unspecified atom stereocenters. The van der Waals surface area contributed by atoms with E-state index < -0.39 is 0 Å². The molecule has 1 aromatic heterocycles. The summed E-state index contributed by atoms with van der Waals surface area (Å²) in [7, 11) is 0. The molecule has 7 heteroatoms. The molecule has 1 fully saturated rings. The van der Waals surface area contributed by atoms with Crippen molar-refractivity contribution in [3.05, 3.63) is 36.5 Å². The summed E-state index contributed by atoms with van der Waals surface area (Å²) in [6, 6.07) is 9.15. The van der Waals surface area contributed by atoms with E-state index in [4.69, 9.17) is 9.26 Å². The van der Waals surface area contributed by atoms with Crippen LogP contribution in [0.5, 0.6) is 0 Å². The van der Waals surface area contributed by atoms with Gasteiger partial charge in [-0.2, -0.15) is 0 Å². The van der Waals surface area contributed by atoms with E-state index >= 15 is 0 Å². The topological polar surface area (TPSA) is 77.8 Å². The van der Waals surface area contributed by atoms with Crippen molar-refractivity contribution >= 4 is 11.9 Å². The van der Waals surface area contributed by atoms with Gasteiger partial charge in [0.2, 0.25) is 11.0 Å². The van der Waals surface area contributed by atoms with Crippen LogP contribution in [0.1, 0.15) is 0 Å². The third-order valence-electron chi connectivity index (χ3n) is 2.96. The van der Waals surface area contributed by atoms with Gasteiger partial charge < -0.3 is 14.7 Å². The van der Waals surface area contributed by atoms with Gasteiger partial charge in [-0.1, -0.05) is 18.2 Å². The van der Waals surface area contributed by atoms with Crippen LogP contribution in [-0.4, -0.2) is 42.5 Å². The minimum Gasteiger partial charge on any atom is -0.846 e. The van der Waals surface area contributed by atoms with Crippen molar-refractivity contribution in [3.8, 4) is 5.69 Å². The van der Waals surface area contributed by atoms with Crippen molar-refractivity contribution in [2.75, 3.05) is 26.3 Å². The predicted octanol–water partition coefficient (Wildman–Crippen LogP) is -0.369. The molecule has 20 heavy (non-hydrogen) atoms. The zero-order chi connectivity index (χ0) is 13.8. The number of ether oxygens (including phenoxy) is 1. The number of hydrogen-bond donors (Lipinski definition) is 0. The van der Waals surface area contributed by atoms with Gasteiger partial charge in [0.1, 0.15) is 0 Å². The summed E-state index contributed by atoms with van der Waals surface area (Å²) in [6.45, 7) is 2.19. The van der Waals surface area contributed by atoms with E-state index in [0.29, 0.717) is 26.3 Å². The molecule has 0 amide bonds. The van der Waals surface area contributed by atoms with Crippen LogP contribution >= 0.6 is 0 Å². The molecule has 3 rings (SSSR count). The molecule has 0 bridgehead atoms. The molecule has 0 atom stereocenters. The van der Waals surface area contributed by atoms with Gasteiger partial charge in [0.25, 0.3) is 6.20 Å². The first kappa shape index (κ1) is 12.6. The second kappa shape index (κ2) is 5.70. The third kappa shape index (κ3) is 2.77. The van der Waals surface area contributed by atoms with E-state index in [-0.39, 0.29) is 11.9 Å². The molecular weight excluding hydrogens is 260 g/mol. The molecule has 0 saturated carbocycles. The number of hydrogen-bond acceptors (Lipinski definition) is 5. The summed E-state index contributed by atoms with van der Waals surface area (Å²) in [6.07, 6.45) is 1.58. The van der Waals surface area contributed by atoms with Gasteiger partial charge in [-0.15, -0.1) is 0 Å². The Morgan fingerprint density at radius 2 is 2.00 bits per heavy atom. The number of morpholine rings is 1. The fraction of sp³-hybridized carbons (Fsp3) is 0.308. The Kier molecular flexibility index (Phi) is 3.60. The molecule has 0 spiro atoms. The van der Waals surface area contributed by atoms with E-state index in [1.54, 1.807) is 11.1 Å². The van der Waals surface area contributed by atoms with Gasteiger partial charge in [-0.25, -0.2) is 4.99 Å². The highest BCUT2D eigenvalue weighted by atomic mass is 16.5. The third-order valence-corrected chi connectivity index (χ3v) is 2.96. The Labute approximate surface area is 115 Å². The number of benzene rings is 1. The normalized spacial score (nSPS) is 16.4. The zero-order valence-electron chi connectivity index (χ0n) is 10.8. The second-order valence-electron chi connectivity index (χ2n) is 4.31. The lowest BCUT2D eigenvalue weighted by atomic mass is 10.3. The fourth-order valence-electron chi connectivity index (χ4n) is 1.91. The number of rotatable bonds is 2. The van der Waals surface area contributed by atoms with Crippen LogP contribution in [0.3, 0.4) is 0 Å². The van der Waals surface area contributed by atoms with Crippen molar-refractivity contribution in [3.63, 3.8) is 0 Å². The van der Waals surface area contributed by atoms with Crippen LogP contribution in [0.15, 0.2) is 46.0 Å². The quantitative estimate of drug-likeness (QED) is 0.424. The molecular formula is C13H14N4O3. The SMILES string of the molecule is [O-]/C(=N\c1c[n+](-c2ccccc2)no1)N1CCOCC1. The van der Waals surface area contributed by atoms with Gasteiger partial charge in [0, 0.05) is 25.2 Å². The maximum absolute atomic E-state index is 11.9. The predicted molar refractivity (Wildman–Crippen MR) is 67.5 cm³/mol. The van der Waals surface area contributed by atoms with Crippen LogP contribution in [-0.2, 0) is 4.74 Å². The first-order valence-corrected chi connectivity index (χ1v) is 6.35. The van der Waals surface area contributed by atoms with Crippen LogP contribution in [0, 0.1) is 0 Å². The average Bonchev–Trinajstić information content (AvgIpc) is 2.97. The molecule has 1 saturated heterocycles. The first-order chi connectivity index (χ1) is 9.83. The number of para-hydroxylation sites is 1. The van der Waals surface area contributed by atoms with Gasteiger partial charge in [-0.05, 0) is 4.68 Å². The molecule has 1 aliphatic heterocycles. The Morgan fingerprint density at radius 1 is 1.25 bits per heavy atom. The van der Waals surface area contributed by atoms with E-state index in [0.717, 1.165) is 5.69 Å². The van der Waals surface area contributed by atoms with Crippen molar-refractivity contribution in [2.45, 2.75) is 0 Å². The van der Waals surface area contributed by atoms with E-state index in [2.05, 4.69) is 10.3 Å². The summed E-state index contributed by atoms with van der Waals surface area (Å²) < 4.78 is 11.8. The fourth-order valence-corrected chi connectivity index (χ4v) is 1.91. The molecule has 0 N–H and O–H groups in total. The number of aliphatic imine (C=N–C) groups is 1. The minimum atomic E-state index is -0.329. The lowest BCUT2D eigenvalue weighted by molar-refractivity contribution is -0.670. The van der Waals surface area contributed by atoms with Crippen LogP contribution in [0.4, 0.5) is 5.88 Å². The molecule has 2 heterocycles. The average molecular weight is 274 g/mol. The van der Waals surface area contributed by atoms with E-state index in [1.165, 1.54) is 4.68 Å². The van der Waals surface area contributed by atoms with Gasteiger partial charge in [0.05, 0.1) is 19.2 Å². The molecule has 0 aliphatic carbocycles. The second-order valence-corrected chi connectivity index (χ2v) is 4.31. The van der Waals surface area contributed by atoms with E-state index in [9.17, 15) is 5.11 Å². The van der Waals surface area contributed by atoms with Gasteiger partial charge in [0.15, 0.2) is 0 Å². The van der Waals surface area contributed by atoms with Crippen LogP contribution < -0.4 is 9.79 Å². The van der Waals surface area contributed by atoms with Gasteiger partial charge >= 0.3 is 5.88 Å². The van der Waals surface area contributed by atoms with Crippen molar-refractivity contribution < 1.29 is 19.0 Å². The first-order valence-electron chi connectivity index (χ1n) is 6.35. The van der Waals surface area contributed by atoms with Crippen LogP contribution in [0.2, 0.25) is 0 Å². The Balaban J connectivity index is 1.76. The summed E-state index contributed by atoms with van der Waals surface area (Å²) in [4.78, 5) is 5.53. The standard InChI is InChI=1S/C13H14N4O3/c18-13(16-6-8-19-9-7-16)14-12-10-17(15-20-12)11-4-2-1-3-5-11/h1-5,10H,6-9H2. The summed E-state index contributed by atoms with van der Waals surface area (Å²) >= 11 is 0. The summed E-state index contributed by atoms with van der Waals surface area (Å²) in [5.74, 6) is 0.186. The molecule has 2 aromatic rings. The Hall–Kier alpha value is -2.41. The largest absolute Gasteiger partial charge is 0.846 e. The lowest BCUT2D eigenvalue weighted by Crippen LogP contribution is -2.46. The molecule has 104 valence electrons. The highest BCUT2D eigenvalue weighted by Gasteiger charge is 2.15. The highest BCUT2D eigenvalue weighted by molar-refractivity contribution is 5.71. The van der Waals surface area contributed by atoms with Crippen molar-refractivity contribution in [2.24, 2.45) is 4.99 Å². The smallest absolute Gasteiger partial charge is 0.322 e. The van der Waals surface area contributed by atoms with Gasteiger partial charge in [-0.3, -0.25) is 4.52 Å². The highest BCUT2D eigenvalue weighted by Crippen LogP contribution is 2.09. The maximum atomic E-state index is 11.9. The molecule has 1 aliphatic rings. The van der Waals surface area contributed by atoms with Crippen molar-refractivity contribution in [1.82, 2.24) is 10.2 Å². The Bertz CT molecular complexity index is 591. The van der Waals surface area contributed by atoms with Crippen LogP contribution in [0.25, 0.3) is 5.69 Å². The molecule has 7 nitrogen and oxygen atoms in total. The number of amidine groups is 1. The monoisotopic (exact) mass is 274 g/mol. The molecule has 0 radical (unpaired) electrons. The Morgan fingerprint density at radius 3 is 2.75 bits per heavy atom. The summed E-state index contributed by atoms with van der Waals surface area (Å²) in [5.41, 5.74) is 0.844. The molecule has 1 aromatic carbocycles.